The van der Waals surface area contributed by atoms with Gasteiger partial charge in [0, 0.05) is 0 Å². The van der Waals surface area contributed by atoms with Gasteiger partial charge in [0.25, 0.3) is 0 Å². The van der Waals surface area contributed by atoms with Crippen molar-refractivity contribution in [3.05, 3.63) is 66.4 Å². The first-order chi connectivity index (χ1) is 11.9. The lowest BCUT2D eigenvalue weighted by Crippen LogP contribution is -2.10. The van der Waals surface area contributed by atoms with Gasteiger partial charge in [0.15, 0.2) is 5.75 Å². The van der Waals surface area contributed by atoms with Gasteiger partial charge >= 0.3 is 5.97 Å². The molecule has 128 valence electrons. The number of rotatable bonds is 5. The highest BCUT2D eigenvalue weighted by Crippen LogP contribution is 2.32. The molecule has 3 aromatic rings. The standard InChI is InChI=1S/C16H12N2O6S/c19-16(20)11-5-4-6-12(9-11)24-14-10-17-18(21)15(14)25(22,23)13-7-2-1-3-8-13/h1-10,21H,(H,19,20). The molecular weight excluding hydrogens is 348 g/mol. The quantitative estimate of drug-likeness (QED) is 0.671. The molecular formula is C16H12N2O6S. The zero-order chi connectivity index (χ0) is 18.0. The highest BCUT2D eigenvalue weighted by molar-refractivity contribution is 7.91. The van der Waals surface area contributed by atoms with Crippen molar-refractivity contribution in [3.63, 3.8) is 0 Å². The molecule has 0 aliphatic carbocycles. The smallest absolute Gasteiger partial charge is 0.335 e. The van der Waals surface area contributed by atoms with E-state index in [-0.39, 0.29) is 26.8 Å². The van der Waals surface area contributed by atoms with Crippen molar-refractivity contribution in [1.82, 2.24) is 9.94 Å². The van der Waals surface area contributed by atoms with Crippen LogP contribution in [0.1, 0.15) is 10.4 Å². The van der Waals surface area contributed by atoms with E-state index in [4.69, 9.17) is 9.84 Å². The summed E-state index contributed by atoms with van der Waals surface area (Å²) in [5.74, 6) is -1.29. The minimum absolute atomic E-state index is 0.0265. The number of ether oxygens (including phenoxy) is 1. The fourth-order valence-electron chi connectivity index (χ4n) is 2.15. The number of sulfone groups is 1. The van der Waals surface area contributed by atoms with E-state index in [9.17, 15) is 18.4 Å². The number of hydrogen-bond acceptors (Lipinski definition) is 6. The Morgan fingerprint density at radius 3 is 2.48 bits per heavy atom. The predicted octanol–water partition coefficient (Wildman–Crippen LogP) is 2.44. The second-order valence-corrected chi connectivity index (χ2v) is 6.82. The van der Waals surface area contributed by atoms with Crippen molar-refractivity contribution < 1.29 is 28.3 Å². The lowest BCUT2D eigenvalue weighted by atomic mass is 10.2. The second kappa shape index (κ2) is 6.29. The Bertz CT molecular complexity index is 1030. The number of hydrogen-bond donors (Lipinski definition) is 2. The molecule has 0 radical (unpaired) electrons. The number of benzene rings is 2. The van der Waals surface area contributed by atoms with Crippen LogP contribution in [0.2, 0.25) is 0 Å². The maximum atomic E-state index is 12.7. The third kappa shape index (κ3) is 3.17. The molecule has 9 heteroatoms. The molecule has 1 heterocycles. The molecule has 0 bridgehead atoms. The van der Waals surface area contributed by atoms with Crippen molar-refractivity contribution in [2.45, 2.75) is 9.92 Å². The lowest BCUT2D eigenvalue weighted by Gasteiger charge is -2.08. The molecule has 0 spiro atoms. The van der Waals surface area contributed by atoms with Gasteiger partial charge in [-0.3, -0.25) is 0 Å². The first-order valence-electron chi connectivity index (χ1n) is 6.98. The molecule has 8 nitrogen and oxygen atoms in total. The number of carboxylic acid groups (broad SMARTS) is 1. The Hall–Kier alpha value is -3.33. The average molecular weight is 360 g/mol. The summed E-state index contributed by atoms with van der Waals surface area (Å²) >= 11 is 0. The molecule has 0 aliphatic heterocycles. The maximum absolute atomic E-state index is 12.7. The van der Waals surface area contributed by atoms with Gasteiger partial charge in [0.1, 0.15) is 5.75 Å². The zero-order valence-electron chi connectivity index (χ0n) is 12.6. The summed E-state index contributed by atoms with van der Waals surface area (Å²) < 4.78 is 30.9. The monoisotopic (exact) mass is 360 g/mol. The van der Waals surface area contributed by atoms with E-state index < -0.39 is 20.8 Å². The summed E-state index contributed by atoms with van der Waals surface area (Å²) in [7, 11) is -4.09. The van der Waals surface area contributed by atoms with Crippen LogP contribution in [0, 0.1) is 0 Å². The second-order valence-electron chi connectivity index (χ2n) is 4.95. The van der Waals surface area contributed by atoms with Crippen molar-refractivity contribution in [2.24, 2.45) is 0 Å². The molecule has 2 N–H and O–H groups in total. The minimum atomic E-state index is -4.09. The summed E-state index contributed by atoms with van der Waals surface area (Å²) in [5.41, 5.74) is -0.0265. The molecule has 0 saturated heterocycles. The highest BCUT2D eigenvalue weighted by Gasteiger charge is 2.29. The van der Waals surface area contributed by atoms with Crippen LogP contribution in [0.15, 0.2) is 70.7 Å². The molecule has 25 heavy (non-hydrogen) atoms. The predicted molar refractivity (Wildman–Crippen MR) is 84.8 cm³/mol. The van der Waals surface area contributed by atoms with Gasteiger partial charge in [-0.15, -0.1) is 5.10 Å². The van der Waals surface area contributed by atoms with Crippen LogP contribution < -0.4 is 4.74 Å². The Kier molecular flexibility index (Phi) is 4.15. The maximum Gasteiger partial charge on any atom is 0.335 e. The van der Waals surface area contributed by atoms with Crippen LogP contribution in [0.25, 0.3) is 0 Å². The molecule has 1 aromatic heterocycles. The van der Waals surface area contributed by atoms with E-state index in [1.807, 2.05) is 0 Å². The van der Waals surface area contributed by atoms with Gasteiger partial charge < -0.3 is 15.1 Å². The Labute approximate surface area is 142 Å². The molecule has 0 unspecified atom stereocenters. The van der Waals surface area contributed by atoms with E-state index in [0.29, 0.717) is 0 Å². The van der Waals surface area contributed by atoms with Crippen LogP contribution in [0.3, 0.4) is 0 Å². The third-order valence-corrected chi connectivity index (χ3v) is 5.06. The topological polar surface area (TPSA) is 119 Å². The third-order valence-electron chi connectivity index (χ3n) is 3.29. The van der Waals surface area contributed by atoms with Crippen LogP contribution in [-0.2, 0) is 9.84 Å². The van der Waals surface area contributed by atoms with E-state index in [2.05, 4.69) is 5.10 Å². The normalized spacial score (nSPS) is 11.2. The fraction of sp³-hybridized carbons (Fsp3) is 0. The van der Waals surface area contributed by atoms with Gasteiger partial charge in [-0.25, -0.2) is 13.2 Å². The Morgan fingerprint density at radius 2 is 1.80 bits per heavy atom. The highest BCUT2D eigenvalue weighted by atomic mass is 32.2. The number of carbonyl (C=O) groups is 1. The van der Waals surface area contributed by atoms with E-state index in [1.54, 1.807) is 18.2 Å². The number of nitrogens with zero attached hydrogens (tertiary/aromatic N) is 2. The zero-order valence-corrected chi connectivity index (χ0v) is 13.4. The van der Waals surface area contributed by atoms with Gasteiger partial charge in [0.2, 0.25) is 14.9 Å². The molecule has 0 atom stereocenters. The molecule has 0 amide bonds. The van der Waals surface area contributed by atoms with Crippen LogP contribution >= 0.6 is 0 Å². The van der Waals surface area contributed by atoms with E-state index in [0.717, 1.165) is 6.20 Å². The molecule has 0 aliphatic rings. The molecule has 3 rings (SSSR count). The van der Waals surface area contributed by atoms with Crippen molar-refractivity contribution in [2.75, 3.05) is 0 Å². The first kappa shape index (κ1) is 16.5. The van der Waals surface area contributed by atoms with Crippen LogP contribution in [0.4, 0.5) is 0 Å². The Balaban J connectivity index is 2.04. The van der Waals surface area contributed by atoms with Crippen molar-refractivity contribution >= 4 is 15.8 Å². The summed E-state index contributed by atoms with van der Waals surface area (Å²) in [6.45, 7) is 0. The number of aromatic nitrogens is 2. The summed E-state index contributed by atoms with van der Waals surface area (Å²) in [6, 6.07) is 13.0. The average Bonchev–Trinajstić information content (AvgIpc) is 2.97. The first-order valence-corrected chi connectivity index (χ1v) is 8.46. The summed E-state index contributed by atoms with van der Waals surface area (Å²) in [4.78, 5) is 11.2. The molecule has 0 saturated carbocycles. The lowest BCUT2D eigenvalue weighted by molar-refractivity contribution is 0.0696. The van der Waals surface area contributed by atoms with Crippen molar-refractivity contribution in [3.8, 4) is 11.5 Å². The molecule has 0 fully saturated rings. The van der Waals surface area contributed by atoms with Gasteiger partial charge in [-0.1, -0.05) is 29.1 Å². The SMILES string of the molecule is O=C(O)c1cccc(Oc2cnn(O)c2S(=O)(=O)c2ccccc2)c1. The van der Waals surface area contributed by atoms with E-state index >= 15 is 0 Å². The summed E-state index contributed by atoms with van der Waals surface area (Å²) in [6.07, 6.45) is 1.03. The van der Waals surface area contributed by atoms with Gasteiger partial charge in [-0.2, -0.15) is 0 Å². The van der Waals surface area contributed by atoms with Gasteiger partial charge in [0.05, 0.1) is 16.7 Å². The number of aromatic carboxylic acids is 1. The molecule has 2 aromatic carbocycles. The minimum Gasteiger partial charge on any atom is -0.478 e. The van der Waals surface area contributed by atoms with Crippen molar-refractivity contribution in [1.29, 1.82) is 0 Å². The fourth-order valence-corrected chi connectivity index (χ4v) is 3.51. The van der Waals surface area contributed by atoms with Crippen LogP contribution in [-0.4, -0.2) is 34.6 Å². The Morgan fingerprint density at radius 1 is 1.08 bits per heavy atom. The largest absolute Gasteiger partial charge is 0.478 e. The van der Waals surface area contributed by atoms with Crippen LogP contribution in [0.5, 0.6) is 11.5 Å². The number of carboxylic acids is 1. The summed E-state index contributed by atoms with van der Waals surface area (Å²) in [5, 5.41) is 21.8. The van der Waals surface area contributed by atoms with E-state index in [1.165, 1.54) is 36.4 Å². The van der Waals surface area contributed by atoms with Gasteiger partial charge in [-0.05, 0) is 30.3 Å².